The number of halogens is 1. The van der Waals surface area contributed by atoms with Crippen LogP contribution in [0.3, 0.4) is 0 Å². The molecule has 0 bridgehead atoms. The molecule has 2 N–H and O–H groups in total. The van der Waals surface area contributed by atoms with E-state index in [1.807, 2.05) is 6.92 Å². The molecule has 104 valence electrons. The van der Waals surface area contributed by atoms with Gasteiger partial charge in [-0.15, -0.1) is 0 Å². The molecule has 1 amide bonds. The summed E-state index contributed by atoms with van der Waals surface area (Å²) >= 11 is 0. The Bertz CT molecular complexity index is 654. The molecule has 0 spiro atoms. The number of hydrogen-bond donors (Lipinski definition) is 2. The minimum atomic E-state index is -0.645. The van der Waals surface area contributed by atoms with Gasteiger partial charge in [0.05, 0.1) is 0 Å². The van der Waals surface area contributed by atoms with Gasteiger partial charge in [-0.25, -0.2) is 4.39 Å². The summed E-state index contributed by atoms with van der Waals surface area (Å²) in [7, 11) is 0. The topological polar surface area (TPSA) is 67.0 Å². The molecule has 1 atom stereocenters. The lowest BCUT2D eigenvalue weighted by Gasteiger charge is -2.09. The second kappa shape index (κ2) is 4.96. The van der Waals surface area contributed by atoms with Gasteiger partial charge in [-0.3, -0.25) is 9.89 Å². The summed E-state index contributed by atoms with van der Waals surface area (Å²) in [6.45, 7) is 1.99. The molecule has 2 aromatic rings. The molecule has 1 aliphatic heterocycles. The van der Waals surface area contributed by atoms with Crippen LogP contribution in [-0.2, 0) is 17.6 Å². The molecule has 0 fully saturated rings. The molecule has 1 aromatic carbocycles. The van der Waals surface area contributed by atoms with Crippen molar-refractivity contribution < 1.29 is 13.9 Å². The Morgan fingerprint density at radius 1 is 1.55 bits per heavy atom. The van der Waals surface area contributed by atoms with Gasteiger partial charge in [0.15, 0.2) is 11.9 Å². The second-order valence-electron chi connectivity index (χ2n) is 4.68. The van der Waals surface area contributed by atoms with Crippen molar-refractivity contribution in [3.8, 4) is 5.75 Å². The van der Waals surface area contributed by atoms with Crippen LogP contribution < -0.4 is 10.1 Å². The number of rotatable bonds is 3. The zero-order valence-corrected chi connectivity index (χ0v) is 10.9. The molecule has 3 rings (SSSR count). The van der Waals surface area contributed by atoms with Crippen molar-refractivity contribution in [2.45, 2.75) is 25.9 Å². The zero-order valence-electron chi connectivity index (χ0n) is 10.9. The van der Waals surface area contributed by atoms with E-state index in [0.29, 0.717) is 23.6 Å². The molecule has 20 heavy (non-hydrogen) atoms. The van der Waals surface area contributed by atoms with E-state index in [9.17, 15) is 9.18 Å². The van der Waals surface area contributed by atoms with Crippen LogP contribution in [0, 0.1) is 5.82 Å². The number of carbonyl (C=O) groups excluding carboxylic acids is 1. The first-order valence-electron chi connectivity index (χ1n) is 6.46. The van der Waals surface area contributed by atoms with Crippen LogP contribution in [0.2, 0.25) is 0 Å². The number of amides is 1. The monoisotopic (exact) mass is 275 g/mol. The van der Waals surface area contributed by atoms with Crippen molar-refractivity contribution in [3.63, 3.8) is 0 Å². The number of anilines is 1. The minimum Gasteiger partial charge on any atom is -0.480 e. The highest BCUT2D eigenvalue weighted by Crippen LogP contribution is 2.29. The standard InChI is InChI=1S/C14H14FN3O2/c1-2-10-7-13(18-17-10)16-14(19)12-6-8-5-9(15)3-4-11(8)20-12/h3-5,7,12H,2,6H2,1H3,(H2,16,17,18,19)/t12-/m0/s1. The smallest absolute Gasteiger partial charge is 0.266 e. The highest BCUT2D eigenvalue weighted by atomic mass is 19.1. The third kappa shape index (κ3) is 2.36. The third-order valence-electron chi connectivity index (χ3n) is 3.25. The predicted octanol–water partition coefficient (Wildman–Crippen LogP) is 2.05. The fourth-order valence-corrected chi connectivity index (χ4v) is 2.18. The third-order valence-corrected chi connectivity index (χ3v) is 3.25. The average molecular weight is 275 g/mol. The lowest BCUT2D eigenvalue weighted by atomic mass is 10.1. The number of nitrogens with one attached hydrogen (secondary N) is 2. The highest BCUT2D eigenvalue weighted by Gasteiger charge is 2.29. The number of aromatic amines is 1. The van der Waals surface area contributed by atoms with E-state index in [1.54, 1.807) is 12.1 Å². The summed E-state index contributed by atoms with van der Waals surface area (Å²) in [6.07, 6.45) is 0.533. The Kier molecular flexibility index (Phi) is 3.14. The van der Waals surface area contributed by atoms with Crippen molar-refractivity contribution in [1.29, 1.82) is 0 Å². The maximum Gasteiger partial charge on any atom is 0.266 e. The molecule has 6 heteroatoms. The number of benzene rings is 1. The maximum absolute atomic E-state index is 13.1. The number of nitrogens with zero attached hydrogens (tertiary/aromatic N) is 1. The largest absolute Gasteiger partial charge is 0.480 e. The Balaban J connectivity index is 1.68. The highest BCUT2D eigenvalue weighted by molar-refractivity contribution is 5.94. The molecule has 1 aliphatic rings. The van der Waals surface area contributed by atoms with Crippen LogP contribution in [0.4, 0.5) is 10.2 Å². The van der Waals surface area contributed by atoms with Crippen molar-refractivity contribution in [2.75, 3.05) is 5.32 Å². The quantitative estimate of drug-likeness (QED) is 0.901. The number of ether oxygens (including phenoxy) is 1. The van der Waals surface area contributed by atoms with Crippen molar-refractivity contribution in [2.24, 2.45) is 0 Å². The maximum atomic E-state index is 13.1. The molecule has 0 saturated carbocycles. The summed E-state index contributed by atoms with van der Waals surface area (Å²) in [5, 5.41) is 9.50. The van der Waals surface area contributed by atoms with E-state index >= 15 is 0 Å². The Morgan fingerprint density at radius 3 is 3.15 bits per heavy atom. The Morgan fingerprint density at radius 2 is 2.40 bits per heavy atom. The minimum absolute atomic E-state index is 0.282. The lowest BCUT2D eigenvalue weighted by molar-refractivity contribution is -0.122. The first-order chi connectivity index (χ1) is 9.65. The van der Waals surface area contributed by atoms with Gasteiger partial charge < -0.3 is 10.1 Å². The first kappa shape index (κ1) is 12.7. The van der Waals surface area contributed by atoms with Crippen molar-refractivity contribution in [1.82, 2.24) is 10.2 Å². The summed E-state index contributed by atoms with van der Waals surface area (Å²) in [6, 6.07) is 6.04. The van der Waals surface area contributed by atoms with Gasteiger partial charge in [0, 0.05) is 23.7 Å². The van der Waals surface area contributed by atoms with Crippen LogP contribution in [-0.4, -0.2) is 22.2 Å². The van der Waals surface area contributed by atoms with E-state index in [-0.39, 0.29) is 11.7 Å². The van der Waals surface area contributed by atoms with Crippen LogP contribution >= 0.6 is 0 Å². The van der Waals surface area contributed by atoms with E-state index in [0.717, 1.165) is 12.1 Å². The molecule has 5 nitrogen and oxygen atoms in total. The van der Waals surface area contributed by atoms with E-state index in [1.165, 1.54) is 12.1 Å². The molecule has 1 aromatic heterocycles. The van der Waals surface area contributed by atoms with Crippen LogP contribution in [0.5, 0.6) is 5.75 Å². The summed E-state index contributed by atoms with van der Waals surface area (Å²) in [4.78, 5) is 12.1. The van der Waals surface area contributed by atoms with Crippen molar-refractivity contribution in [3.05, 3.63) is 41.3 Å². The van der Waals surface area contributed by atoms with Gasteiger partial charge in [0.1, 0.15) is 11.6 Å². The van der Waals surface area contributed by atoms with Gasteiger partial charge in [-0.2, -0.15) is 5.10 Å². The molecule has 0 aliphatic carbocycles. The summed E-state index contributed by atoms with van der Waals surface area (Å²) in [5.74, 6) is 0.421. The van der Waals surface area contributed by atoms with Crippen LogP contribution in [0.15, 0.2) is 24.3 Å². The van der Waals surface area contributed by atoms with Gasteiger partial charge in [0.2, 0.25) is 0 Å². The van der Waals surface area contributed by atoms with E-state index in [2.05, 4.69) is 15.5 Å². The zero-order chi connectivity index (χ0) is 14.1. The fourth-order valence-electron chi connectivity index (χ4n) is 2.18. The Labute approximate surface area is 115 Å². The molecular weight excluding hydrogens is 261 g/mol. The van der Waals surface area contributed by atoms with Crippen LogP contribution in [0.25, 0.3) is 0 Å². The van der Waals surface area contributed by atoms with Gasteiger partial charge >= 0.3 is 0 Å². The van der Waals surface area contributed by atoms with Gasteiger partial charge in [-0.05, 0) is 24.6 Å². The number of fused-ring (bicyclic) bond motifs is 1. The predicted molar refractivity (Wildman–Crippen MR) is 71.1 cm³/mol. The average Bonchev–Trinajstić information content (AvgIpc) is 3.04. The number of hydrogen-bond acceptors (Lipinski definition) is 3. The second-order valence-corrected chi connectivity index (χ2v) is 4.68. The normalized spacial score (nSPS) is 16.6. The Hall–Kier alpha value is -2.37. The SMILES string of the molecule is CCc1cc(NC(=O)[C@@H]2Cc3cc(F)ccc3O2)n[nH]1. The molecule has 0 radical (unpaired) electrons. The number of H-pyrrole nitrogens is 1. The molecule has 0 unspecified atom stereocenters. The summed E-state index contributed by atoms with van der Waals surface area (Å²) in [5.41, 5.74) is 1.65. The number of aromatic nitrogens is 2. The molecule has 0 saturated heterocycles. The first-order valence-corrected chi connectivity index (χ1v) is 6.46. The summed E-state index contributed by atoms with van der Waals surface area (Å²) < 4.78 is 18.6. The van der Waals surface area contributed by atoms with Crippen LogP contribution in [0.1, 0.15) is 18.2 Å². The lowest BCUT2D eigenvalue weighted by Crippen LogP contribution is -2.31. The molecule has 2 heterocycles. The van der Waals surface area contributed by atoms with E-state index in [4.69, 9.17) is 4.74 Å². The fraction of sp³-hybridized carbons (Fsp3) is 0.286. The number of carbonyl (C=O) groups is 1. The van der Waals surface area contributed by atoms with E-state index < -0.39 is 6.10 Å². The van der Waals surface area contributed by atoms with Gasteiger partial charge in [0.25, 0.3) is 5.91 Å². The van der Waals surface area contributed by atoms with Gasteiger partial charge in [-0.1, -0.05) is 6.92 Å². The number of aryl methyl sites for hydroxylation is 1. The molecular formula is C14H14FN3O2. The van der Waals surface area contributed by atoms with Crippen molar-refractivity contribution >= 4 is 11.7 Å².